The first-order valence-electron chi connectivity index (χ1n) is 8.87. The highest BCUT2D eigenvalue weighted by molar-refractivity contribution is 5.80. The van der Waals surface area contributed by atoms with Gasteiger partial charge in [0.2, 0.25) is 0 Å². The maximum absolute atomic E-state index is 13.9. The molecule has 0 fully saturated rings. The Balaban J connectivity index is 1.98. The van der Waals surface area contributed by atoms with Crippen LogP contribution in [0.2, 0.25) is 0 Å². The van der Waals surface area contributed by atoms with Gasteiger partial charge in [-0.1, -0.05) is 32.0 Å². The molecule has 0 saturated heterocycles. The lowest BCUT2D eigenvalue weighted by Gasteiger charge is -2.38. The Morgan fingerprint density at radius 3 is 2.28 bits per heavy atom. The van der Waals surface area contributed by atoms with Crippen LogP contribution in [0.15, 0.2) is 42.5 Å². The van der Waals surface area contributed by atoms with E-state index in [9.17, 15) is 32.2 Å². The molecular formula is C21H20F5NO2. The molecular weight excluding hydrogens is 393 g/mol. The highest BCUT2D eigenvalue weighted by Crippen LogP contribution is 2.45. The fourth-order valence-corrected chi connectivity index (χ4v) is 3.75. The van der Waals surface area contributed by atoms with E-state index in [-0.39, 0.29) is 16.8 Å². The highest BCUT2D eigenvalue weighted by Gasteiger charge is 2.56. The van der Waals surface area contributed by atoms with Gasteiger partial charge in [-0.15, -0.1) is 0 Å². The number of alkyl halides is 3. The molecule has 0 aliphatic rings. The van der Waals surface area contributed by atoms with Crippen LogP contribution < -0.4 is 0 Å². The average molecular weight is 413 g/mol. The Morgan fingerprint density at radius 1 is 1.00 bits per heavy atom. The molecule has 3 rings (SSSR count). The smallest absolute Gasteiger partial charge is 0.417 e. The van der Waals surface area contributed by atoms with Crippen molar-refractivity contribution in [3.8, 4) is 5.75 Å². The summed E-state index contributed by atoms with van der Waals surface area (Å²) >= 11 is 0. The summed E-state index contributed by atoms with van der Waals surface area (Å²) in [6.07, 6.45) is -6.65. The molecule has 3 aromatic rings. The number of aromatic amines is 1. The molecule has 29 heavy (non-hydrogen) atoms. The second-order valence-electron chi connectivity index (χ2n) is 7.93. The number of benzene rings is 2. The minimum atomic E-state index is -5.00. The van der Waals surface area contributed by atoms with Crippen LogP contribution in [0, 0.1) is 11.6 Å². The molecule has 3 nitrogen and oxygen atoms in total. The number of fused-ring (bicyclic) bond motifs is 1. The van der Waals surface area contributed by atoms with E-state index in [2.05, 4.69) is 4.98 Å². The second-order valence-corrected chi connectivity index (χ2v) is 7.93. The Morgan fingerprint density at radius 2 is 1.69 bits per heavy atom. The van der Waals surface area contributed by atoms with Crippen LogP contribution in [0.1, 0.15) is 31.5 Å². The van der Waals surface area contributed by atoms with Crippen LogP contribution >= 0.6 is 0 Å². The third-order valence-electron chi connectivity index (χ3n) is 5.09. The Labute approximate surface area is 163 Å². The number of rotatable bonds is 5. The zero-order chi connectivity index (χ0) is 21.6. The van der Waals surface area contributed by atoms with Gasteiger partial charge in [-0.05, 0) is 35.6 Å². The molecule has 2 aromatic carbocycles. The van der Waals surface area contributed by atoms with Gasteiger partial charge >= 0.3 is 6.18 Å². The number of hydrogen-bond acceptors (Lipinski definition) is 2. The average Bonchev–Trinajstić information content (AvgIpc) is 2.96. The van der Waals surface area contributed by atoms with Crippen molar-refractivity contribution >= 4 is 10.9 Å². The number of nitrogens with one attached hydrogen (secondary N) is 1. The predicted molar refractivity (Wildman–Crippen MR) is 98.7 cm³/mol. The Hall–Kier alpha value is -2.61. The topological polar surface area (TPSA) is 56.2 Å². The van der Waals surface area contributed by atoms with E-state index in [1.54, 1.807) is 6.07 Å². The molecule has 0 aliphatic carbocycles. The van der Waals surface area contributed by atoms with Gasteiger partial charge < -0.3 is 15.2 Å². The molecule has 0 radical (unpaired) electrons. The summed E-state index contributed by atoms with van der Waals surface area (Å²) in [6.45, 7) is 2.84. The Bertz CT molecular complexity index is 1040. The fourth-order valence-electron chi connectivity index (χ4n) is 3.75. The molecule has 1 aromatic heterocycles. The van der Waals surface area contributed by atoms with E-state index in [1.807, 2.05) is 0 Å². The number of para-hydroxylation sites is 1. The lowest BCUT2D eigenvalue weighted by Crippen LogP contribution is -2.50. The third kappa shape index (κ3) is 4.07. The van der Waals surface area contributed by atoms with Gasteiger partial charge in [0, 0.05) is 23.6 Å². The van der Waals surface area contributed by atoms with Gasteiger partial charge in [0.05, 0.1) is 5.52 Å². The van der Waals surface area contributed by atoms with E-state index in [0.717, 1.165) is 12.1 Å². The van der Waals surface area contributed by atoms with Crippen LogP contribution in [0.3, 0.4) is 0 Å². The minimum absolute atomic E-state index is 0.0176. The number of hydrogen-bond donors (Lipinski definition) is 3. The van der Waals surface area contributed by atoms with Crippen molar-refractivity contribution in [3.63, 3.8) is 0 Å². The number of H-pyrrole nitrogens is 1. The normalized spacial score (nSPS) is 14.9. The van der Waals surface area contributed by atoms with Crippen molar-refractivity contribution in [2.75, 3.05) is 0 Å². The van der Waals surface area contributed by atoms with Gasteiger partial charge in [0.1, 0.15) is 17.4 Å². The first-order chi connectivity index (χ1) is 13.3. The van der Waals surface area contributed by atoms with E-state index in [0.29, 0.717) is 5.39 Å². The molecule has 0 saturated carbocycles. The van der Waals surface area contributed by atoms with Crippen molar-refractivity contribution in [1.29, 1.82) is 0 Å². The number of phenols is 1. The summed E-state index contributed by atoms with van der Waals surface area (Å²) in [5.41, 5.74) is -4.37. The summed E-state index contributed by atoms with van der Waals surface area (Å²) in [7, 11) is 0. The lowest BCUT2D eigenvalue weighted by molar-refractivity contribution is -0.266. The lowest BCUT2D eigenvalue weighted by atomic mass is 9.73. The minimum Gasteiger partial charge on any atom is -0.508 e. The van der Waals surface area contributed by atoms with Crippen LogP contribution in [0.25, 0.3) is 10.9 Å². The fraction of sp³-hybridized carbons (Fsp3) is 0.333. The molecule has 156 valence electrons. The summed E-state index contributed by atoms with van der Waals surface area (Å²) in [5, 5.41) is 21.0. The van der Waals surface area contributed by atoms with E-state index >= 15 is 0 Å². The number of aromatic nitrogens is 1. The molecule has 8 heteroatoms. The van der Waals surface area contributed by atoms with Crippen LogP contribution in [-0.2, 0) is 11.8 Å². The van der Waals surface area contributed by atoms with E-state index in [1.165, 1.54) is 38.1 Å². The number of halogens is 5. The monoisotopic (exact) mass is 413 g/mol. The summed E-state index contributed by atoms with van der Waals surface area (Å²) in [5.74, 6) is -1.83. The van der Waals surface area contributed by atoms with Crippen molar-refractivity contribution in [2.24, 2.45) is 0 Å². The van der Waals surface area contributed by atoms with Crippen LogP contribution in [0.4, 0.5) is 22.0 Å². The maximum atomic E-state index is 13.9. The molecule has 0 bridgehead atoms. The molecule has 1 heterocycles. The molecule has 1 unspecified atom stereocenters. The maximum Gasteiger partial charge on any atom is 0.417 e. The Kier molecular flexibility index (Phi) is 5.11. The summed E-state index contributed by atoms with van der Waals surface area (Å²) < 4.78 is 68.7. The third-order valence-corrected chi connectivity index (χ3v) is 5.09. The standard InChI is InChI=1S/C21H20F5NO2/c1-19(2,15-7-6-13(22)9-17(15)28)11-20(29,21(24,25)26)10-14-8-12-4-3-5-16(23)18(12)27-14/h3-9,27-29H,10-11H2,1-2H3. The van der Waals surface area contributed by atoms with E-state index < -0.39 is 47.4 Å². The van der Waals surface area contributed by atoms with Crippen molar-refractivity contribution in [1.82, 2.24) is 4.98 Å². The van der Waals surface area contributed by atoms with Gasteiger partial charge in [0.25, 0.3) is 0 Å². The van der Waals surface area contributed by atoms with E-state index in [4.69, 9.17) is 0 Å². The molecule has 3 N–H and O–H groups in total. The zero-order valence-corrected chi connectivity index (χ0v) is 15.7. The summed E-state index contributed by atoms with van der Waals surface area (Å²) in [6, 6.07) is 8.56. The van der Waals surface area contributed by atoms with Gasteiger partial charge in [-0.25, -0.2) is 8.78 Å². The number of aliphatic hydroxyl groups is 1. The van der Waals surface area contributed by atoms with Crippen LogP contribution in [-0.4, -0.2) is 27.0 Å². The molecule has 0 aliphatic heterocycles. The first kappa shape index (κ1) is 21.1. The largest absolute Gasteiger partial charge is 0.508 e. The van der Waals surface area contributed by atoms with Gasteiger partial charge in [-0.2, -0.15) is 13.2 Å². The SMILES string of the molecule is CC(C)(CC(O)(Cc1cc2cccc(F)c2[nH]1)C(F)(F)F)c1ccc(F)cc1O. The number of aromatic hydroxyl groups is 1. The molecule has 0 amide bonds. The molecule has 1 atom stereocenters. The van der Waals surface area contributed by atoms with Crippen molar-refractivity contribution < 1.29 is 32.2 Å². The van der Waals surface area contributed by atoms with Crippen molar-refractivity contribution in [3.05, 3.63) is 65.4 Å². The first-order valence-corrected chi connectivity index (χ1v) is 8.87. The number of phenolic OH excluding ortho intramolecular Hbond substituents is 1. The van der Waals surface area contributed by atoms with Crippen molar-refractivity contribution in [2.45, 2.75) is 43.9 Å². The second kappa shape index (κ2) is 7.02. The highest BCUT2D eigenvalue weighted by atomic mass is 19.4. The van der Waals surface area contributed by atoms with Gasteiger partial charge in [-0.3, -0.25) is 0 Å². The quantitative estimate of drug-likeness (QED) is 0.494. The predicted octanol–water partition coefficient (Wildman–Crippen LogP) is 5.36. The molecule has 0 spiro atoms. The van der Waals surface area contributed by atoms with Gasteiger partial charge in [0.15, 0.2) is 5.60 Å². The van der Waals surface area contributed by atoms with Crippen LogP contribution in [0.5, 0.6) is 5.75 Å². The zero-order valence-electron chi connectivity index (χ0n) is 15.7. The summed E-state index contributed by atoms with van der Waals surface area (Å²) in [4.78, 5) is 2.60.